The Hall–Kier alpha value is -2.64. The molecule has 2 N–H and O–H groups in total. The van der Waals surface area contributed by atoms with Gasteiger partial charge in [0.1, 0.15) is 11.6 Å². The average molecular weight is 425 g/mol. The van der Waals surface area contributed by atoms with Gasteiger partial charge in [0.2, 0.25) is 5.91 Å². The lowest BCUT2D eigenvalue weighted by Gasteiger charge is -2.24. The van der Waals surface area contributed by atoms with Crippen molar-refractivity contribution in [2.45, 2.75) is 37.8 Å². The van der Waals surface area contributed by atoms with Gasteiger partial charge in [0.05, 0.1) is 12.2 Å². The van der Waals surface area contributed by atoms with E-state index < -0.39 is 5.60 Å². The summed E-state index contributed by atoms with van der Waals surface area (Å²) in [7, 11) is 0. The summed E-state index contributed by atoms with van der Waals surface area (Å²) < 4.78 is 5.80. The quantitative estimate of drug-likeness (QED) is 0.570. The first-order chi connectivity index (χ1) is 15.1. The Morgan fingerprint density at radius 2 is 2.03 bits per heavy atom. The van der Waals surface area contributed by atoms with Crippen molar-refractivity contribution in [3.05, 3.63) is 54.2 Å². The molecule has 0 aliphatic carbocycles. The third-order valence-electron chi connectivity index (χ3n) is 6.02. The highest BCUT2D eigenvalue weighted by Crippen LogP contribution is 2.25. The number of aromatic nitrogens is 1. The Labute approximate surface area is 184 Å². The third-order valence-corrected chi connectivity index (χ3v) is 6.02. The van der Waals surface area contributed by atoms with Gasteiger partial charge in [0.25, 0.3) is 0 Å². The Morgan fingerprint density at radius 1 is 1.16 bits per heavy atom. The number of amides is 1. The highest BCUT2D eigenvalue weighted by Gasteiger charge is 2.36. The fourth-order valence-corrected chi connectivity index (χ4v) is 4.27. The highest BCUT2D eigenvalue weighted by molar-refractivity contribution is 5.77. The Kier molecular flexibility index (Phi) is 7.04. The number of nitrogens with one attached hydrogen (secondary N) is 1. The molecule has 0 spiro atoms. The molecule has 1 aromatic carbocycles. The van der Waals surface area contributed by atoms with Crippen molar-refractivity contribution in [3.63, 3.8) is 0 Å². The van der Waals surface area contributed by atoms with Crippen molar-refractivity contribution in [1.82, 2.24) is 15.2 Å². The van der Waals surface area contributed by atoms with E-state index in [0.717, 1.165) is 56.0 Å². The van der Waals surface area contributed by atoms with E-state index in [1.807, 2.05) is 47.4 Å². The van der Waals surface area contributed by atoms with Gasteiger partial charge in [-0.05, 0) is 49.1 Å². The van der Waals surface area contributed by atoms with Gasteiger partial charge in [0, 0.05) is 51.9 Å². The van der Waals surface area contributed by atoms with E-state index in [0.29, 0.717) is 32.7 Å². The second kappa shape index (κ2) is 10.1. The number of carbonyl (C=O) groups excluding carboxylic acids is 1. The number of ether oxygens (including phenoxy) is 1. The topological polar surface area (TPSA) is 77.9 Å². The maximum atomic E-state index is 11.6. The molecule has 2 saturated heterocycles. The number of β-amino-alcohol motifs (C(OH)–C–C–N with tert-alkyl or cyclic N) is 1. The van der Waals surface area contributed by atoms with E-state index in [9.17, 15) is 9.90 Å². The highest BCUT2D eigenvalue weighted by atomic mass is 16.5. The van der Waals surface area contributed by atoms with Gasteiger partial charge in [-0.1, -0.05) is 18.2 Å². The molecule has 0 bridgehead atoms. The van der Waals surface area contributed by atoms with Crippen LogP contribution in [0.5, 0.6) is 5.75 Å². The molecule has 3 heterocycles. The van der Waals surface area contributed by atoms with E-state index >= 15 is 0 Å². The summed E-state index contributed by atoms with van der Waals surface area (Å²) in [4.78, 5) is 20.0. The van der Waals surface area contributed by atoms with E-state index in [-0.39, 0.29) is 5.91 Å². The number of likely N-dealkylation sites (tertiary alicyclic amines) is 1. The summed E-state index contributed by atoms with van der Waals surface area (Å²) >= 11 is 0. The average Bonchev–Trinajstić information content (AvgIpc) is 3.38. The van der Waals surface area contributed by atoms with Crippen molar-refractivity contribution in [1.29, 1.82) is 0 Å². The van der Waals surface area contributed by atoms with Gasteiger partial charge >= 0.3 is 0 Å². The molecule has 2 aliphatic heterocycles. The first kappa shape index (κ1) is 21.6. The Morgan fingerprint density at radius 3 is 2.77 bits per heavy atom. The maximum Gasteiger partial charge on any atom is 0.222 e. The van der Waals surface area contributed by atoms with Crippen LogP contribution in [0.15, 0.2) is 48.7 Å². The van der Waals surface area contributed by atoms with Crippen LogP contribution >= 0.6 is 0 Å². The molecule has 7 heteroatoms. The Balaban J connectivity index is 1.15. The summed E-state index contributed by atoms with van der Waals surface area (Å²) in [5.74, 6) is 2.03. The molecule has 2 aromatic rings. The predicted molar refractivity (Wildman–Crippen MR) is 120 cm³/mol. The molecule has 166 valence electrons. The van der Waals surface area contributed by atoms with Gasteiger partial charge in [-0.2, -0.15) is 0 Å². The molecular formula is C24H32N4O3. The first-order valence-electron chi connectivity index (χ1n) is 11.2. The van der Waals surface area contributed by atoms with Crippen LogP contribution in [0.25, 0.3) is 0 Å². The largest absolute Gasteiger partial charge is 0.494 e. The van der Waals surface area contributed by atoms with Crippen LogP contribution in [0.3, 0.4) is 0 Å². The number of benzene rings is 1. The molecule has 0 unspecified atom stereocenters. The molecule has 4 rings (SSSR count). The zero-order valence-electron chi connectivity index (χ0n) is 18.0. The molecule has 2 aliphatic rings. The number of nitrogens with zero attached hydrogens (tertiary/aromatic N) is 3. The zero-order valence-corrected chi connectivity index (χ0v) is 18.0. The predicted octanol–water partition coefficient (Wildman–Crippen LogP) is 2.20. The number of hydrogen-bond acceptors (Lipinski definition) is 6. The second-order valence-corrected chi connectivity index (χ2v) is 8.52. The summed E-state index contributed by atoms with van der Waals surface area (Å²) in [5, 5.41) is 14.3. The SMILES string of the molecule is O=C1CCCN1CCCOc1ccc(CNC[C@@]2(O)CCN(c3ccccn3)C2)cc1. The molecule has 2 fully saturated rings. The normalized spacial score (nSPS) is 21.1. The fourth-order valence-electron chi connectivity index (χ4n) is 4.27. The molecular weight excluding hydrogens is 392 g/mol. The van der Waals surface area contributed by atoms with E-state index in [4.69, 9.17) is 4.74 Å². The van der Waals surface area contributed by atoms with Crippen molar-refractivity contribution >= 4 is 11.7 Å². The zero-order chi connectivity index (χ0) is 21.5. The monoisotopic (exact) mass is 424 g/mol. The van der Waals surface area contributed by atoms with Gasteiger partial charge in [0.15, 0.2) is 0 Å². The minimum Gasteiger partial charge on any atom is -0.494 e. The van der Waals surface area contributed by atoms with Crippen molar-refractivity contribution in [2.24, 2.45) is 0 Å². The standard InChI is InChI=1S/C24H32N4O3/c29-23-6-3-13-27(23)14-4-16-31-21-9-7-20(8-10-21)17-25-18-24(30)11-15-28(19-24)22-5-1-2-12-26-22/h1-2,5,7-10,12,25,30H,3-4,6,11,13-19H2/t24-/m0/s1. The minimum absolute atomic E-state index is 0.267. The number of aliphatic hydroxyl groups is 1. The molecule has 7 nitrogen and oxygen atoms in total. The smallest absolute Gasteiger partial charge is 0.222 e. The lowest BCUT2D eigenvalue weighted by molar-refractivity contribution is -0.127. The fraction of sp³-hybridized carbons (Fsp3) is 0.500. The second-order valence-electron chi connectivity index (χ2n) is 8.52. The van der Waals surface area contributed by atoms with Crippen LogP contribution in [-0.2, 0) is 11.3 Å². The van der Waals surface area contributed by atoms with Crippen LogP contribution in [0, 0.1) is 0 Å². The number of rotatable bonds is 10. The van der Waals surface area contributed by atoms with Crippen LogP contribution < -0.4 is 15.0 Å². The van der Waals surface area contributed by atoms with E-state index in [2.05, 4.69) is 15.2 Å². The van der Waals surface area contributed by atoms with Gasteiger partial charge < -0.3 is 25.0 Å². The van der Waals surface area contributed by atoms with Crippen LogP contribution in [0.4, 0.5) is 5.82 Å². The van der Waals surface area contributed by atoms with Crippen LogP contribution in [0.1, 0.15) is 31.2 Å². The van der Waals surface area contributed by atoms with Crippen molar-refractivity contribution < 1.29 is 14.6 Å². The maximum absolute atomic E-state index is 11.6. The summed E-state index contributed by atoms with van der Waals surface area (Å²) in [6.45, 7) is 4.92. The summed E-state index contributed by atoms with van der Waals surface area (Å²) in [6, 6.07) is 13.9. The number of carbonyl (C=O) groups is 1. The van der Waals surface area contributed by atoms with Crippen molar-refractivity contribution in [2.75, 3.05) is 44.2 Å². The molecule has 31 heavy (non-hydrogen) atoms. The van der Waals surface area contributed by atoms with Gasteiger partial charge in [-0.25, -0.2) is 4.98 Å². The molecule has 0 radical (unpaired) electrons. The van der Waals surface area contributed by atoms with Crippen molar-refractivity contribution in [3.8, 4) is 5.75 Å². The molecule has 1 aromatic heterocycles. The number of pyridine rings is 1. The van der Waals surface area contributed by atoms with E-state index in [1.54, 1.807) is 6.20 Å². The third kappa shape index (κ3) is 5.95. The summed E-state index contributed by atoms with van der Waals surface area (Å²) in [6.07, 6.45) is 5.04. The number of anilines is 1. The lowest BCUT2D eigenvalue weighted by Crippen LogP contribution is -2.43. The van der Waals surface area contributed by atoms with Crippen LogP contribution in [0.2, 0.25) is 0 Å². The minimum atomic E-state index is -0.739. The molecule has 0 saturated carbocycles. The first-order valence-corrected chi connectivity index (χ1v) is 11.2. The molecule has 1 atom stereocenters. The summed E-state index contributed by atoms with van der Waals surface area (Å²) in [5.41, 5.74) is 0.412. The lowest BCUT2D eigenvalue weighted by atomic mass is 10.0. The Bertz CT molecular complexity index is 846. The van der Waals surface area contributed by atoms with Gasteiger partial charge in [-0.3, -0.25) is 4.79 Å². The number of hydrogen-bond donors (Lipinski definition) is 2. The van der Waals surface area contributed by atoms with Crippen LogP contribution in [-0.4, -0.2) is 65.8 Å². The van der Waals surface area contributed by atoms with E-state index in [1.165, 1.54) is 0 Å². The van der Waals surface area contributed by atoms with Gasteiger partial charge in [-0.15, -0.1) is 0 Å². The molecule has 1 amide bonds.